The van der Waals surface area contributed by atoms with Crippen LogP contribution in [0.1, 0.15) is 65.5 Å². The van der Waals surface area contributed by atoms with Crippen molar-refractivity contribution >= 4 is 22.2 Å². The second kappa shape index (κ2) is 8.58. The maximum atomic E-state index is 13.0. The van der Waals surface area contributed by atoms with Gasteiger partial charge < -0.3 is 10.1 Å². The number of aryl methyl sites for hydroxylation is 1. The maximum absolute atomic E-state index is 13.0. The first-order valence-corrected chi connectivity index (χ1v) is 11.6. The summed E-state index contributed by atoms with van der Waals surface area (Å²) in [6.07, 6.45) is 4.79. The molecular formula is C24H32N2O2S. The lowest BCUT2D eigenvalue weighted by Crippen LogP contribution is -2.36. The van der Waals surface area contributed by atoms with Crippen LogP contribution in [-0.4, -0.2) is 37.1 Å². The van der Waals surface area contributed by atoms with Crippen LogP contribution in [0.25, 0.3) is 0 Å². The molecule has 0 atom stereocenters. The number of nitrogens with one attached hydrogen (secondary N) is 1. The molecule has 0 bridgehead atoms. The highest BCUT2D eigenvalue weighted by atomic mass is 32.1. The van der Waals surface area contributed by atoms with Gasteiger partial charge in [0.05, 0.1) is 13.2 Å². The standard InChI is InChI=1S/C24H32N2O2S/c1-24(2,3)18-10-8-17(9-11-18)22(27)25-23-20(16-26-12-14-28-15-13-26)19-6-4-5-7-21(19)29-23/h8-11H,4-7,12-16H2,1-3H3,(H,25,27). The lowest BCUT2D eigenvalue weighted by molar-refractivity contribution is 0.0342. The van der Waals surface area contributed by atoms with Gasteiger partial charge in [-0.2, -0.15) is 0 Å². The number of hydrogen-bond donors (Lipinski definition) is 1. The van der Waals surface area contributed by atoms with Crippen LogP contribution in [0.2, 0.25) is 0 Å². The summed E-state index contributed by atoms with van der Waals surface area (Å²) in [5.41, 5.74) is 4.89. The van der Waals surface area contributed by atoms with Crippen LogP contribution in [0.3, 0.4) is 0 Å². The molecule has 0 unspecified atom stereocenters. The molecule has 4 nitrogen and oxygen atoms in total. The zero-order chi connectivity index (χ0) is 20.4. The molecule has 5 heteroatoms. The minimum atomic E-state index is -0.00714. The Bertz CT molecular complexity index is 858. The van der Waals surface area contributed by atoms with Gasteiger partial charge in [-0.05, 0) is 54.4 Å². The predicted octanol–water partition coefficient (Wildman–Crippen LogP) is 5.01. The third kappa shape index (κ3) is 4.73. The third-order valence-electron chi connectivity index (χ3n) is 6.01. The van der Waals surface area contributed by atoms with Crippen LogP contribution in [0, 0.1) is 0 Å². The second-order valence-corrected chi connectivity index (χ2v) is 10.3. The Balaban J connectivity index is 1.55. The Morgan fingerprint density at radius 3 is 2.48 bits per heavy atom. The van der Waals surface area contributed by atoms with Gasteiger partial charge in [0.1, 0.15) is 5.00 Å². The lowest BCUT2D eigenvalue weighted by Gasteiger charge is -2.27. The van der Waals surface area contributed by atoms with Crippen molar-refractivity contribution in [1.29, 1.82) is 0 Å². The number of hydrogen-bond acceptors (Lipinski definition) is 4. The van der Waals surface area contributed by atoms with Crippen molar-refractivity contribution in [2.24, 2.45) is 0 Å². The van der Waals surface area contributed by atoms with Crippen molar-refractivity contribution in [2.45, 2.75) is 58.4 Å². The molecule has 2 aromatic rings. The van der Waals surface area contributed by atoms with Crippen LogP contribution >= 0.6 is 11.3 Å². The van der Waals surface area contributed by atoms with Crippen molar-refractivity contribution in [1.82, 2.24) is 4.90 Å². The molecule has 1 amide bonds. The molecule has 1 aromatic carbocycles. The Labute approximate surface area is 178 Å². The molecule has 0 radical (unpaired) electrons. The van der Waals surface area contributed by atoms with Crippen molar-refractivity contribution in [3.8, 4) is 0 Å². The quantitative estimate of drug-likeness (QED) is 0.768. The second-order valence-electron chi connectivity index (χ2n) is 9.19. The highest BCUT2D eigenvalue weighted by Gasteiger charge is 2.24. The molecule has 1 aliphatic heterocycles. The molecular weight excluding hydrogens is 380 g/mol. The van der Waals surface area contributed by atoms with Gasteiger partial charge in [-0.3, -0.25) is 9.69 Å². The summed E-state index contributed by atoms with van der Waals surface area (Å²) in [5, 5.41) is 4.30. The van der Waals surface area contributed by atoms with Crippen molar-refractivity contribution in [2.75, 3.05) is 31.6 Å². The fourth-order valence-electron chi connectivity index (χ4n) is 4.18. The van der Waals surface area contributed by atoms with E-state index in [0.717, 1.165) is 56.3 Å². The van der Waals surface area contributed by atoms with Crippen LogP contribution < -0.4 is 5.32 Å². The van der Waals surface area contributed by atoms with E-state index in [0.29, 0.717) is 0 Å². The van der Waals surface area contributed by atoms with Gasteiger partial charge in [0.15, 0.2) is 0 Å². The van der Waals surface area contributed by atoms with Gasteiger partial charge in [0, 0.05) is 35.6 Å². The monoisotopic (exact) mass is 412 g/mol. The molecule has 1 aliphatic carbocycles. The van der Waals surface area contributed by atoms with Gasteiger partial charge in [-0.1, -0.05) is 32.9 Å². The summed E-state index contributed by atoms with van der Waals surface area (Å²) in [7, 11) is 0. The van der Waals surface area contributed by atoms with Crippen molar-refractivity contribution in [3.63, 3.8) is 0 Å². The number of fused-ring (bicyclic) bond motifs is 1. The molecule has 29 heavy (non-hydrogen) atoms. The van der Waals surface area contributed by atoms with E-state index in [1.165, 1.54) is 34.4 Å². The number of rotatable bonds is 4. The van der Waals surface area contributed by atoms with Crippen molar-refractivity contribution < 1.29 is 9.53 Å². The Kier molecular flexibility index (Phi) is 6.09. The van der Waals surface area contributed by atoms with Gasteiger partial charge in [0.2, 0.25) is 0 Å². The number of nitrogens with zero attached hydrogens (tertiary/aromatic N) is 1. The fraction of sp³-hybridized carbons (Fsp3) is 0.542. The Morgan fingerprint density at radius 1 is 1.10 bits per heavy atom. The number of thiophene rings is 1. The molecule has 4 rings (SSSR count). The zero-order valence-electron chi connectivity index (χ0n) is 17.8. The highest BCUT2D eigenvalue weighted by molar-refractivity contribution is 7.16. The first-order valence-electron chi connectivity index (χ1n) is 10.8. The fourth-order valence-corrected chi connectivity index (χ4v) is 5.48. The van der Waals surface area contributed by atoms with E-state index in [2.05, 4.69) is 43.1 Å². The van der Waals surface area contributed by atoms with Gasteiger partial charge in [-0.15, -0.1) is 11.3 Å². The average Bonchev–Trinajstić information content (AvgIpc) is 3.05. The van der Waals surface area contributed by atoms with Crippen LogP contribution in [0.5, 0.6) is 0 Å². The molecule has 2 heterocycles. The van der Waals surface area contributed by atoms with E-state index in [9.17, 15) is 4.79 Å². The Hall–Kier alpha value is -1.69. The molecule has 1 N–H and O–H groups in total. The summed E-state index contributed by atoms with van der Waals surface area (Å²) < 4.78 is 5.51. The number of anilines is 1. The minimum absolute atomic E-state index is 0.00714. The summed E-state index contributed by atoms with van der Waals surface area (Å²) in [6.45, 7) is 11.0. The van der Waals surface area contributed by atoms with E-state index in [-0.39, 0.29) is 11.3 Å². The summed E-state index contributed by atoms with van der Waals surface area (Å²) in [5.74, 6) is -0.00714. The number of ether oxygens (including phenoxy) is 1. The first-order chi connectivity index (χ1) is 13.9. The van der Waals surface area contributed by atoms with Crippen LogP contribution in [-0.2, 0) is 29.5 Å². The van der Waals surface area contributed by atoms with Gasteiger partial charge >= 0.3 is 0 Å². The smallest absolute Gasteiger partial charge is 0.256 e. The molecule has 0 saturated carbocycles. The number of morpholine rings is 1. The number of benzene rings is 1. The molecule has 2 aliphatic rings. The topological polar surface area (TPSA) is 41.6 Å². The van der Waals surface area contributed by atoms with Crippen LogP contribution in [0.4, 0.5) is 5.00 Å². The summed E-state index contributed by atoms with van der Waals surface area (Å²) >= 11 is 1.79. The highest BCUT2D eigenvalue weighted by Crippen LogP contribution is 2.39. The average molecular weight is 413 g/mol. The molecule has 156 valence electrons. The zero-order valence-corrected chi connectivity index (χ0v) is 18.7. The maximum Gasteiger partial charge on any atom is 0.256 e. The van der Waals surface area contributed by atoms with E-state index in [4.69, 9.17) is 4.74 Å². The normalized spacial score (nSPS) is 17.8. The number of carbonyl (C=O) groups excluding carboxylic acids is 1. The SMILES string of the molecule is CC(C)(C)c1ccc(C(=O)Nc2sc3c(c2CN2CCOCC2)CCCC3)cc1. The minimum Gasteiger partial charge on any atom is -0.379 e. The number of amides is 1. The molecule has 1 fully saturated rings. The summed E-state index contributed by atoms with van der Waals surface area (Å²) in [4.78, 5) is 16.9. The lowest BCUT2D eigenvalue weighted by atomic mass is 9.87. The van der Waals surface area contributed by atoms with E-state index in [1.807, 2.05) is 12.1 Å². The molecule has 1 saturated heterocycles. The van der Waals surface area contributed by atoms with Gasteiger partial charge in [0.25, 0.3) is 5.91 Å². The molecule has 1 aromatic heterocycles. The van der Waals surface area contributed by atoms with E-state index >= 15 is 0 Å². The number of carbonyl (C=O) groups is 1. The van der Waals surface area contributed by atoms with E-state index < -0.39 is 0 Å². The third-order valence-corrected chi connectivity index (χ3v) is 7.26. The predicted molar refractivity (Wildman–Crippen MR) is 120 cm³/mol. The Morgan fingerprint density at radius 2 is 1.79 bits per heavy atom. The molecule has 0 spiro atoms. The van der Waals surface area contributed by atoms with Gasteiger partial charge in [-0.25, -0.2) is 0 Å². The van der Waals surface area contributed by atoms with Crippen LogP contribution in [0.15, 0.2) is 24.3 Å². The largest absolute Gasteiger partial charge is 0.379 e. The van der Waals surface area contributed by atoms with E-state index in [1.54, 1.807) is 11.3 Å². The van der Waals surface area contributed by atoms with Crippen molar-refractivity contribution in [3.05, 3.63) is 51.4 Å². The summed E-state index contributed by atoms with van der Waals surface area (Å²) in [6, 6.07) is 8.04. The first kappa shape index (κ1) is 20.6.